The molecule has 1 N–H and O–H groups in total. The summed E-state index contributed by atoms with van der Waals surface area (Å²) in [4.78, 5) is 10.8. The molecule has 0 fully saturated rings. The van der Waals surface area contributed by atoms with E-state index in [9.17, 15) is 10.1 Å². The van der Waals surface area contributed by atoms with Crippen LogP contribution in [-0.4, -0.2) is 24.5 Å². The van der Waals surface area contributed by atoms with E-state index in [0.29, 0.717) is 18.1 Å². The van der Waals surface area contributed by atoms with Crippen LogP contribution in [0.25, 0.3) is 0 Å². The highest BCUT2D eigenvalue weighted by Gasteiger charge is 2.26. The Labute approximate surface area is 116 Å². The topological polar surface area (TPSA) is 90.8 Å². The van der Waals surface area contributed by atoms with Gasteiger partial charge in [0.25, 0.3) is 0 Å². The Balaban J connectivity index is 2.34. The molecule has 0 atom stereocenters. The lowest BCUT2D eigenvalue weighted by Gasteiger charge is -2.12. The lowest BCUT2D eigenvalue weighted by atomic mass is 10.3. The first-order valence-electron chi connectivity index (χ1n) is 6.36. The molecule has 0 radical (unpaired) electrons. The molecule has 20 heavy (non-hydrogen) atoms. The first kappa shape index (κ1) is 14.0. The summed E-state index contributed by atoms with van der Waals surface area (Å²) in [6.45, 7) is 5.97. The molecule has 0 aliphatic heterocycles. The minimum atomic E-state index is -0.396. The van der Waals surface area contributed by atoms with Crippen molar-refractivity contribution in [1.29, 1.82) is 0 Å². The monoisotopic (exact) mass is 278 g/mol. The predicted molar refractivity (Wildman–Crippen MR) is 74.5 cm³/mol. The van der Waals surface area contributed by atoms with Crippen LogP contribution in [0.5, 0.6) is 0 Å². The molecular weight excluding hydrogens is 260 g/mol. The third kappa shape index (κ3) is 2.49. The Morgan fingerprint density at radius 1 is 1.50 bits per heavy atom. The lowest BCUT2D eigenvalue weighted by Crippen LogP contribution is -2.12. The molecule has 8 heteroatoms. The minimum Gasteiger partial charge on any atom is -0.359 e. The molecule has 0 amide bonds. The highest BCUT2D eigenvalue weighted by atomic mass is 16.6. The number of anilines is 1. The van der Waals surface area contributed by atoms with Crippen LogP contribution in [0.15, 0.2) is 12.3 Å². The fourth-order valence-corrected chi connectivity index (χ4v) is 2.04. The van der Waals surface area contributed by atoms with Gasteiger partial charge in [0.1, 0.15) is 5.69 Å². The number of hydrogen-bond donors (Lipinski definition) is 1. The lowest BCUT2D eigenvalue weighted by molar-refractivity contribution is -0.384. The Morgan fingerprint density at radius 2 is 2.20 bits per heavy atom. The average Bonchev–Trinajstić information content (AvgIpc) is 2.90. The molecule has 2 rings (SSSR count). The van der Waals surface area contributed by atoms with E-state index >= 15 is 0 Å². The average molecular weight is 278 g/mol. The summed E-state index contributed by atoms with van der Waals surface area (Å²) in [6.07, 6.45) is 1.69. The zero-order chi connectivity index (χ0) is 14.9. The molecule has 8 nitrogen and oxygen atoms in total. The Kier molecular flexibility index (Phi) is 3.73. The fourth-order valence-electron chi connectivity index (χ4n) is 2.04. The first-order chi connectivity index (χ1) is 9.41. The third-order valence-electron chi connectivity index (χ3n) is 3.08. The maximum atomic E-state index is 11.2. The Bertz CT molecular complexity index is 628. The molecule has 0 saturated heterocycles. The number of aryl methyl sites for hydroxylation is 2. The second-order valence-corrected chi connectivity index (χ2v) is 4.88. The van der Waals surface area contributed by atoms with E-state index in [-0.39, 0.29) is 11.7 Å². The molecule has 0 spiro atoms. The van der Waals surface area contributed by atoms with E-state index in [1.54, 1.807) is 22.5 Å². The molecule has 0 saturated carbocycles. The van der Waals surface area contributed by atoms with Crippen LogP contribution >= 0.6 is 0 Å². The van der Waals surface area contributed by atoms with Crippen molar-refractivity contribution in [3.63, 3.8) is 0 Å². The van der Waals surface area contributed by atoms with Crippen LogP contribution in [0.2, 0.25) is 0 Å². The Hall–Kier alpha value is -2.38. The van der Waals surface area contributed by atoms with Gasteiger partial charge >= 0.3 is 5.69 Å². The van der Waals surface area contributed by atoms with E-state index in [1.807, 2.05) is 27.0 Å². The maximum absolute atomic E-state index is 11.2. The van der Waals surface area contributed by atoms with Crippen LogP contribution < -0.4 is 5.32 Å². The number of aromatic nitrogens is 4. The number of nitrogens with one attached hydrogen (secondary N) is 1. The number of nitrogens with zero attached hydrogens (tertiary/aromatic N) is 5. The summed E-state index contributed by atoms with van der Waals surface area (Å²) < 4.78 is 3.37. The third-order valence-corrected chi connectivity index (χ3v) is 3.08. The van der Waals surface area contributed by atoms with Crippen molar-refractivity contribution in [2.24, 2.45) is 7.05 Å². The second-order valence-electron chi connectivity index (χ2n) is 4.88. The minimum absolute atomic E-state index is 0.0286. The van der Waals surface area contributed by atoms with Crippen molar-refractivity contribution in [3.05, 3.63) is 33.8 Å². The molecular formula is C12H18N6O2. The molecule has 108 valence electrons. The van der Waals surface area contributed by atoms with E-state index in [4.69, 9.17) is 0 Å². The Morgan fingerprint density at radius 3 is 2.70 bits per heavy atom. The normalized spacial score (nSPS) is 11.1. The van der Waals surface area contributed by atoms with Gasteiger partial charge in [-0.3, -0.25) is 14.8 Å². The summed E-state index contributed by atoms with van der Waals surface area (Å²) in [5.74, 6) is 0.434. The van der Waals surface area contributed by atoms with Crippen LogP contribution in [0, 0.1) is 17.0 Å². The summed E-state index contributed by atoms with van der Waals surface area (Å²) in [5, 5.41) is 22.6. The van der Waals surface area contributed by atoms with Gasteiger partial charge in [-0.1, -0.05) is 0 Å². The molecule has 2 heterocycles. The van der Waals surface area contributed by atoms with Crippen molar-refractivity contribution >= 4 is 11.5 Å². The summed E-state index contributed by atoms with van der Waals surface area (Å²) in [5.41, 5.74) is 1.38. The molecule has 2 aromatic heterocycles. The van der Waals surface area contributed by atoms with Gasteiger partial charge in [-0.15, -0.1) is 0 Å². The maximum Gasteiger partial charge on any atom is 0.333 e. The zero-order valence-electron chi connectivity index (χ0n) is 12.0. The summed E-state index contributed by atoms with van der Waals surface area (Å²) >= 11 is 0. The standard InChI is InChI=1S/C12H18N6O2/c1-8(2)17-12(11(18(19)20)9(3)15-17)13-7-10-5-6-14-16(10)4/h5-6,8,13H,7H2,1-4H3. The second kappa shape index (κ2) is 5.32. The van der Waals surface area contributed by atoms with Crippen molar-refractivity contribution in [2.75, 3.05) is 5.32 Å². The van der Waals surface area contributed by atoms with Crippen LogP contribution in [0.1, 0.15) is 31.3 Å². The van der Waals surface area contributed by atoms with Crippen molar-refractivity contribution in [1.82, 2.24) is 19.6 Å². The van der Waals surface area contributed by atoms with E-state index in [1.165, 1.54) is 0 Å². The van der Waals surface area contributed by atoms with Gasteiger partial charge in [0, 0.05) is 19.3 Å². The number of hydrogen-bond acceptors (Lipinski definition) is 5. The predicted octanol–water partition coefficient (Wildman–Crippen LogP) is 2.03. The van der Waals surface area contributed by atoms with E-state index in [2.05, 4.69) is 15.5 Å². The fraction of sp³-hybridized carbons (Fsp3) is 0.500. The van der Waals surface area contributed by atoms with Gasteiger partial charge in [-0.25, -0.2) is 4.68 Å². The number of nitro groups is 1. The quantitative estimate of drug-likeness (QED) is 0.667. The van der Waals surface area contributed by atoms with Gasteiger partial charge in [0.05, 0.1) is 17.2 Å². The van der Waals surface area contributed by atoms with Crippen molar-refractivity contribution < 1.29 is 4.92 Å². The number of rotatable bonds is 5. The van der Waals surface area contributed by atoms with E-state index in [0.717, 1.165) is 5.69 Å². The zero-order valence-corrected chi connectivity index (χ0v) is 12.0. The van der Waals surface area contributed by atoms with Crippen molar-refractivity contribution in [3.8, 4) is 0 Å². The SMILES string of the molecule is Cc1nn(C(C)C)c(NCc2ccnn2C)c1[N+](=O)[O-]. The largest absolute Gasteiger partial charge is 0.359 e. The van der Waals surface area contributed by atoms with Crippen LogP contribution in [-0.2, 0) is 13.6 Å². The molecule has 0 unspecified atom stereocenters. The van der Waals surface area contributed by atoms with Crippen LogP contribution in [0.3, 0.4) is 0 Å². The van der Waals surface area contributed by atoms with Gasteiger partial charge in [0.2, 0.25) is 5.82 Å². The first-order valence-corrected chi connectivity index (χ1v) is 6.36. The van der Waals surface area contributed by atoms with Gasteiger partial charge in [-0.05, 0) is 26.8 Å². The molecule has 0 aliphatic carbocycles. The smallest absolute Gasteiger partial charge is 0.333 e. The van der Waals surface area contributed by atoms with Gasteiger partial charge < -0.3 is 5.32 Å². The molecule has 0 aliphatic rings. The molecule has 2 aromatic rings. The highest BCUT2D eigenvalue weighted by Crippen LogP contribution is 2.30. The summed E-state index contributed by atoms with van der Waals surface area (Å²) in [6, 6.07) is 1.90. The van der Waals surface area contributed by atoms with Crippen LogP contribution in [0.4, 0.5) is 11.5 Å². The van der Waals surface area contributed by atoms with Gasteiger partial charge in [0.15, 0.2) is 0 Å². The summed E-state index contributed by atoms with van der Waals surface area (Å²) in [7, 11) is 1.83. The van der Waals surface area contributed by atoms with Crippen molar-refractivity contribution in [2.45, 2.75) is 33.4 Å². The highest BCUT2D eigenvalue weighted by molar-refractivity contribution is 5.59. The molecule has 0 bridgehead atoms. The van der Waals surface area contributed by atoms with E-state index < -0.39 is 4.92 Å². The van der Waals surface area contributed by atoms with Gasteiger partial charge in [-0.2, -0.15) is 10.2 Å². The molecule has 0 aromatic carbocycles.